The van der Waals surface area contributed by atoms with Crippen LogP contribution in [0.1, 0.15) is 17.3 Å². The van der Waals surface area contributed by atoms with E-state index in [1.54, 1.807) is 13.2 Å². The summed E-state index contributed by atoms with van der Waals surface area (Å²) in [7, 11) is 1.65. The van der Waals surface area contributed by atoms with Crippen molar-refractivity contribution in [3.8, 4) is 5.75 Å². The molecule has 7 heteroatoms. The minimum Gasteiger partial charge on any atom is -0.497 e. The highest BCUT2D eigenvalue weighted by atomic mass is 35.5. The highest BCUT2D eigenvalue weighted by molar-refractivity contribution is 7.80. The van der Waals surface area contributed by atoms with E-state index in [-0.39, 0.29) is 6.04 Å². The number of thiocarbonyl (C=S) groups is 1. The second-order valence-corrected chi connectivity index (χ2v) is 7.78. The number of benzene rings is 2. The van der Waals surface area contributed by atoms with Crippen LogP contribution in [0, 0.1) is 0 Å². The molecule has 0 aliphatic carbocycles. The highest BCUT2D eigenvalue weighted by Crippen LogP contribution is 2.37. The highest BCUT2D eigenvalue weighted by Gasteiger charge is 2.32. The lowest BCUT2D eigenvalue weighted by molar-refractivity contribution is 0.293. The van der Waals surface area contributed by atoms with Crippen molar-refractivity contribution in [1.29, 1.82) is 0 Å². The molecule has 1 N–H and O–H groups in total. The third-order valence-corrected chi connectivity index (χ3v) is 5.78. The SMILES string of the molecule is COc1cccc(NC(=S)N2CCn3cccc3[C@@H]2c2ccc(Cl)cc2Cl)c1. The maximum absolute atomic E-state index is 6.57. The van der Waals surface area contributed by atoms with E-state index in [4.69, 9.17) is 40.2 Å². The van der Waals surface area contributed by atoms with E-state index in [9.17, 15) is 0 Å². The number of anilines is 1. The largest absolute Gasteiger partial charge is 0.497 e. The fourth-order valence-corrected chi connectivity index (χ4v) is 4.38. The molecule has 4 rings (SSSR count). The van der Waals surface area contributed by atoms with E-state index in [2.05, 4.69) is 27.0 Å². The van der Waals surface area contributed by atoms with E-state index in [0.717, 1.165) is 35.8 Å². The predicted octanol–water partition coefficient (Wildman–Crippen LogP) is 5.61. The van der Waals surface area contributed by atoms with E-state index < -0.39 is 0 Å². The maximum atomic E-state index is 6.57. The van der Waals surface area contributed by atoms with Crippen molar-refractivity contribution in [2.75, 3.05) is 19.0 Å². The number of nitrogens with one attached hydrogen (secondary N) is 1. The lowest BCUT2D eigenvalue weighted by atomic mass is 10.00. The number of rotatable bonds is 3. The van der Waals surface area contributed by atoms with Crippen LogP contribution in [0.4, 0.5) is 5.69 Å². The van der Waals surface area contributed by atoms with Crippen molar-refractivity contribution in [1.82, 2.24) is 9.47 Å². The first-order chi connectivity index (χ1) is 13.6. The van der Waals surface area contributed by atoms with Crippen LogP contribution >= 0.6 is 35.4 Å². The molecular weight excluding hydrogens is 413 g/mol. The summed E-state index contributed by atoms with van der Waals surface area (Å²) in [6.45, 7) is 1.62. The number of methoxy groups -OCH3 is 1. The second-order valence-electron chi connectivity index (χ2n) is 6.55. The van der Waals surface area contributed by atoms with Crippen molar-refractivity contribution in [2.45, 2.75) is 12.6 Å². The molecule has 28 heavy (non-hydrogen) atoms. The van der Waals surface area contributed by atoms with Crippen LogP contribution in [0.3, 0.4) is 0 Å². The third-order valence-electron chi connectivity index (χ3n) is 4.88. The van der Waals surface area contributed by atoms with Gasteiger partial charge in [0.25, 0.3) is 0 Å². The smallest absolute Gasteiger partial charge is 0.174 e. The average molecular weight is 432 g/mol. The van der Waals surface area contributed by atoms with Crippen molar-refractivity contribution < 1.29 is 4.74 Å². The number of nitrogens with zero attached hydrogens (tertiary/aromatic N) is 2. The van der Waals surface area contributed by atoms with Gasteiger partial charge in [0, 0.05) is 46.8 Å². The number of halogens is 2. The molecule has 2 heterocycles. The van der Waals surface area contributed by atoms with Crippen LogP contribution in [0.2, 0.25) is 10.0 Å². The first-order valence-corrected chi connectivity index (χ1v) is 10.0. The maximum Gasteiger partial charge on any atom is 0.174 e. The zero-order valence-electron chi connectivity index (χ0n) is 15.2. The molecule has 0 amide bonds. The van der Waals surface area contributed by atoms with Crippen molar-refractivity contribution in [3.63, 3.8) is 0 Å². The molecule has 0 radical (unpaired) electrons. The fourth-order valence-electron chi connectivity index (χ4n) is 3.55. The molecule has 1 aromatic heterocycles. The molecule has 1 atom stereocenters. The standard InChI is InChI=1S/C21H19Cl2N3OS/c1-27-16-5-2-4-15(13-16)24-21(28)26-11-10-25-9-3-6-19(25)20(26)17-8-7-14(22)12-18(17)23/h2-9,12-13,20H,10-11H2,1H3,(H,24,28)/t20-/m0/s1. The summed E-state index contributed by atoms with van der Waals surface area (Å²) in [4.78, 5) is 2.17. The Labute approximate surface area is 179 Å². The summed E-state index contributed by atoms with van der Waals surface area (Å²) in [6.07, 6.45) is 2.09. The minimum absolute atomic E-state index is 0.0980. The van der Waals surface area contributed by atoms with Crippen LogP contribution in [-0.4, -0.2) is 28.2 Å². The van der Waals surface area contributed by atoms with E-state index in [0.29, 0.717) is 15.2 Å². The van der Waals surface area contributed by atoms with Crippen LogP contribution in [0.15, 0.2) is 60.8 Å². The zero-order valence-corrected chi connectivity index (χ0v) is 17.6. The molecule has 4 nitrogen and oxygen atoms in total. The number of hydrogen-bond acceptors (Lipinski definition) is 2. The van der Waals surface area contributed by atoms with Gasteiger partial charge in [-0.2, -0.15) is 0 Å². The van der Waals surface area contributed by atoms with Gasteiger partial charge in [0.05, 0.1) is 13.2 Å². The summed E-state index contributed by atoms with van der Waals surface area (Å²) in [5, 5.41) is 5.22. The monoisotopic (exact) mass is 431 g/mol. The quantitative estimate of drug-likeness (QED) is 0.546. The zero-order chi connectivity index (χ0) is 19.7. The van der Waals surface area contributed by atoms with Gasteiger partial charge < -0.3 is 19.5 Å². The molecule has 3 aromatic rings. The third kappa shape index (κ3) is 3.70. The van der Waals surface area contributed by atoms with Gasteiger partial charge in [-0.3, -0.25) is 0 Å². The lowest BCUT2D eigenvalue weighted by Crippen LogP contribution is -2.44. The van der Waals surface area contributed by atoms with Gasteiger partial charge in [-0.25, -0.2) is 0 Å². The molecule has 1 aliphatic heterocycles. The number of hydrogen-bond donors (Lipinski definition) is 1. The Kier molecular flexibility index (Phi) is 5.49. The number of aromatic nitrogens is 1. The summed E-state index contributed by atoms with van der Waals surface area (Å²) in [5.41, 5.74) is 3.00. The van der Waals surface area contributed by atoms with E-state index in [1.807, 2.05) is 42.5 Å². The van der Waals surface area contributed by atoms with E-state index in [1.165, 1.54) is 0 Å². The molecule has 0 unspecified atom stereocenters. The van der Waals surface area contributed by atoms with Crippen molar-refractivity contribution in [3.05, 3.63) is 82.1 Å². The van der Waals surface area contributed by atoms with Crippen LogP contribution in [0.5, 0.6) is 5.75 Å². The molecule has 0 fully saturated rings. The average Bonchev–Trinajstić information content (AvgIpc) is 3.16. The first kappa shape index (κ1) is 19.1. The summed E-state index contributed by atoms with van der Waals surface area (Å²) in [5.74, 6) is 0.776. The molecule has 0 spiro atoms. The second kappa shape index (κ2) is 8.03. The Morgan fingerprint density at radius 1 is 1.11 bits per heavy atom. The van der Waals surface area contributed by atoms with Gasteiger partial charge in [-0.15, -0.1) is 0 Å². The first-order valence-electron chi connectivity index (χ1n) is 8.88. The van der Waals surface area contributed by atoms with Gasteiger partial charge in [-0.05, 0) is 54.2 Å². The van der Waals surface area contributed by atoms with Gasteiger partial charge in [0.15, 0.2) is 5.11 Å². The molecular formula is C21H19Cl2N3OS. The Morgan fingerprint density at radius 3 is 2.75 bits per heavy atom. The molecule has 2 aromatic carbocycles. The number of ether oxygens (including phenoxy) is 1. The lowest BCUT2D eigenvalue weighted by Gasteiger charge is -2.39. The fraction of sp³-hybridized carbons (Fsp3) is 0.190. The molecule has 144 valence electrons. The Balaban J connectivity index is 1.69. The predicted molar refractivity (Wildman–Crippen MR) is 119 cm³/mol. The van der Waals surface area contributed by atoms with Crippen LogP contribution in [0.25, 0.3) is 0 Å². The summed E-state index contributed by atoms with van der Waals surface area (Å²) in [6, 6.07) is 17.4. The molecule has 0 bridgehead atoms. The van der Waals surface area contributed by atoms with E-state index >= 15 is 0 Å². The van der Waals surface area contributed by atoms with Crippen LogP contribution in [-0.2, 0) is 6.54 Å². The summed E-state index contributed by atoms with van der Waals surface area (Å²) >= 11 is 18.5. The minimum atomic E-state index is -0.0980. The van der Waals surface area contributed by atoms with Crippen molar-refractivity contribution >= 4 is 46.2 Å². The van der Waals surface area contributed by atoms with Crippen LogP contribution < -0.4 is 10.1 Å². The topological polar surface area (TPSA) is 29.4 Å². The summed E-state index contributed by atoms with van der Waals surface area (Å²) < 4.78 is 7.54. The van der Waals surface area contributed by atoms with Crippen molar-refractivity contribution in [2.24, 2.45) is 0 Å². The van der Waals surface area contributed by atoms with Gasteiger partial charge in [0.1, 0.15) is 5.75 Å². The molecule has 0 saturated heterocycles. The Morgan fingerprint density at radius 2 is 1.96 bits per heavy atom. The Hall–Kier alpha value is -2.21. The number of fused-ring (bicyclic) bond motifs is 1. The van der Waals surface area contributed by atoms with Gasteiger partial charge >= 0.3 is 0 Å². The van der Waals surface area contributed by atoms with Gasteiger partial charge in [-0.1, -0.05) is 35.3 Å². The molecule has 0 saturated carbocycles. The van der Waals surface area contributed by atoms with Gasteiger partial charge in [0.2, 0.25) is 0 Å². The normalized spacial score (nSPS) is 15.8. The Bertz CT molecular complexity index is 1020. The molecule has 1 aliphatic rings.